The summed E-state index contributed by atoms with van der Waals surface area (Å²) in [7, 11) is 3.57. The Morgan fingerprint density at radius 3 is 2.53 bits per heavy atom. The lowest BCUT2D eigenvalue weighted by atomic mass is 10.1. The molecule has 0 spiro atoms. The van der Waals surface area contributed by atoms with Crippen molar-refractivity contribution in [2.24, 2.45) is 12.0 Å². The van der Waals surface area contributed by atoms with E-state index in [9.17, 15) is 0 Å². The first-order valence-electron chi connectivity index (χ1n) is 10.4. The summed E-state index contributed by atoms with van der Waals surface area (Å²) in [4.78, 5) is 4.81. The molecule has 0 amide bonds. The van der Waals surface area contributed by atoms with E-state index < -0.39 is 0 Å². The third kappa shape index (κ3) is 5.89. The monoisotopic (exact) mass is 409 g/mol. The van der Waals surface area contributed by atoms with E-state index in [1.54, 1.807) is 18.1 Å². The number of ether oxygens (including phenoxy) is 1. The summed E-state index contributed by atoms with van der Waals surface area (Å²) in [6.07, 6.45) is 4.26. The van der Waals surface area contributed by atoms with Crippen molar-refractivity contribution in [2.45, 2.75) is 32.7 Å². The molecule has 0 aliphatic carbocycles. The minimum atomic E-state index is 0.502. The van der Waals surface area contributed by atoms with Crippen LogP contribution < -0.4 is 15.4 Å². The van der Waals surface area contributed by atoms with E-state index in [1.165, 1.54) is 5.56 Å². The number of aliphatic imine (C=N–C) groups is 1. The van der Waals surface area contributed by atoms with Crippen molar-refractivity contribution in [1.29, 1.82) is 0 Å². The van der Waals surface area contributed by atoms with Gasteiger partial charge in [-0.3, -0.25) is 0 Å². The van der Waals surface area contributed by atoms with Gasteiger partial charge in [0.2, 0.25) is 5.88 Å². The summed E-state index contributed by atoms with van der Waals surface area (Å²) in [6, 6.07) is 14.3. The van der Waals surface area contributed by atoms with Gasteiger partial charge in [0.05, 0.1) is 31.2 Å². The predicted molar refractivity (Wildman–Crippen MR) is 119 cm³/mol. The van der Waals surface area contributed by atoms with E-state index in [1.807, 2.05) is 25.2 Å². The first kappa shape index (κ1) is 21.5. The molecule has 0 saturated carbocycles. The standard InChI is InChI=1S/C23H31N5O2/c1-4-21-20(22(29-3)28(2)27-21)17-26-23(25-15-13-19-11-8-16-30-19)24-14-12-18-9-6-5-7-10-18/h5-11,16H,4,12-15,17H2,1-3H3,(H2,24,25,26). The molecule has 0 saturated heterocycles. The van der Waals surface area contributed by atoms with Gasteiger partial charge in [0.15, 0.2) is 5.96 Å². The predicted octanol–water partition coefficient (Wildman–Crippen LogP) is 3.10. The largest absolute Gasteiger partial charge is 0.481 e. The van der Waals surface area contributed by atoms with Crippen LogP contribution in [0.15, 0.2) is 58.1 Å². The zero-order valence-electron chi connectivity index (χ0n) is 18.0. The maximum Gasteiger partial charge on any atom is 0.216 e. The van der Waals surface area contributed by atoms with Crippen LogP contribution in [0.1, 0.15) is 29.5 Å². The van der Waals surface area contributed by atoms with E-state index in [0.717, 1.165) is 61.2 Å². The SMILES string of the molecule is CCc1nn(C)c(OC)c1CN=C(NCCc1ccccc1)NCCc1ccco1. The lowest BCUT2D eigenvalue weighted by Gasteiger charge is -2.13. The van der Waals surface area contributed by atoms with Crippen molar-refractivity contribution in [2.75, 3.05) is 20.2 Å². The van der Waals surface area contributed by atoms with Crippen LogP contribution >= 0.6 is 0 Å². The van der Waals surface area contributed by atoms with Gasteiger partial charge in [0, 0.05) is 26.6 Å². The minimum absolute atomic E-state index is 0.502. The molecule has 0 atom stereocenters. The Morgan fingerprint density at radius 1 is 1.10 bits per heavy atom. The number of hydrogen-bond acceptors (Lipinski definition) is 4. The second-order valence-corrected chi connectivity index (χ2v) is 7.00. The molecule has 0 bridgehead atoms. The van der Waals surface area contributed by atoms with Crippen LogP contribution in [0.25, 0.3) is 0 Å². The van der Waals surface area contributed by atoms with Crippen molar-refractivity contribution in [1.82, 2.24) is 20.4 Å². The van der Waals surface area contributed by atoms with Gasteiger partial charge in [-0.25, -0.2) is 9.67 Å². The van der Waals surface area contributed by atoms with Gasteiger partial charge in [-0.2, -0.15) is 5.10 Å². The maximum absolute atomic E-state index is 5.54. The summed E-state index contributed by atoms with van der Waals surface area (Å²) in [5.41, 5.74) is 3.33. The Hall–Kier alpha value is -3.22. The van der Waals surface area contributed by atoms with Crippen LogP contribution in [0.2, 0.25) is 0 Å². The number of nitrogens with zero attached hydrogens (tertiary/aromatic N) is 3. The molecule has 2 aromatic heterocycles. The van der Waals surface area contributed by atoms with E-state index in [2.05, 4.69) is 46.9 Å². The Balaban J connectivity index is 1.65. The average molecular weight is 410 g/mol. The lowest BCUT2D eigenvalue weighted by molar-refractivity contribution is 0.369. The Labute approximate surface area is 178 Å². The summed E-state index contributed by atoms with van der Waals surface area (Å²) in [5, 5.41) is 11.4. The van der Waals surface area contributed by atoms with Gasteiger partial charge in [-0.15, -0.1) is 0 Å². The van der Waals surface area contributed by atoms with E-state index in [0.29, 0.717) is 6.54 Å². The number of guanidine groups is 1. The maximum atomic E-state index is 5.54. The van der Waals surface area contributed by atoms with Crippen molar-refractivity contribution in [3.63, 3.8) is 0 Å². The number of hydrogen-bond donors (Lipinski definition) is 2. The summed E-state index contributed by atoms with van der Waals surface area (Å²) < 4.78 is 12.7. The highest BCUT2D eigenvalue weighted by molar-refractivity contribution is 5.79. The average Bonchev–Trinajstić information content (AvgIpc) is 3.39. The normalized spacial score (nSPS) is 11.5. The molecular formula is C23H31N5O2. The first-order chi connectivity index (χ1) is 14.7. The van der Waals surface area contributed by atoms with Gasteiger partial charge in [0.25, 0.3) is 0 Å². The highest BCUT2D eigenvalue weighted by Gasteiger charge is 2.15. The van der Waals surface area contributed by atoms with Gasteiger partial charge in [0.1, 0.15) is 5.76 Å². The van der Waals surface area contributed by atoms with Crippen molar-refractivity contribution in [3.8, 4) is 5.88 Å². The van der Waals surface area contributed by atoms with Crippen LogP contribution in [0.5, 0.6) is 5.88 Å². The topological polar surface area (TPSA) is 76.6 Å². The van der Waals surface area contributed by atoms with Crippen LogP contribution in [-0.2, 0) is 32.9 Å². The number of benzene rings is 1. The molecule has 160 valence electrons. The van der Waals surface area contributed by atoms with Gasteiger partial charge < -0.3 is 19.8 Å². The van der Waals surface area contributed by atoms with Gasteiger partial charge in [-0.05, 0) is 30.5 Å². The fourth-order valence-corrected chi connectivity index (χ4v) is 3.37. The summed E-state index contributed by atoms with van der Waals surface area (Å²) >= 11 is 0. The Morgan fingerprint density at radius 2 is 1.87 bits per heavy atom. The summed E-state index contributed by atoms with van der Waals surface area (Å²) in [5.74, 6) is 2.48. The van der Waals surface area contributed by atoms with Crippen LogP contribution in [0, 0.1) is 0 Å². The molecule has 0 fully saturated rings. The number of aryl methyl sites for hydroxylation is 2. The van der Waals surface area contributed by atoms with Gasteiger partial charge in [-0.1, -0.05) is 37.3 Å². The lowest BCUT2D eigenvalue weighted by Crippen LogP contribution is -2.39. The van der Waals surface area contributed by atoms with Crippen LogP contribution in [0.4, 0.5) is 0 Å². The van der Waals surface area contributed by atoms with E-state index >= 15 is 0 Å². The number of aromatic nitrogens is 2. The van der Waals surface area contributed by atoms with E-state index in [4.69, 9.17) is 14.1 Å². The molecule has 0 aliphatic heterocycles. The number of rotatable bonds is 10. The Kier molecular flexibility index (Phi) is 7.94. The van der Waals surface area contributed by atoms with Crippen molar-refractivity contribution in [3.05, 3.63) is 71.3 Å². The second kappa shape index (κ2) is 11.1. The molecule has 2 heterocycles. The highest BCUT2D eigenvalue weighted by atomic mass is 16.5. The fraction of sp³-hybridized carbons (Fsp3) is 0.391. The molecule has 1 aromatic carbocycles. The molecular weight excluding hydrogens is 378 g/mol. The number of furan rings is 1. The van der Waals surface area contributed by atoms with Crippen LogP contribution in [-0.4, -0.2) is 35.9 Å². The van der Waals surface area contributed by atoms with Gasteiger partial charge >= 0.3 is 0 Å². The smallest absolute Gasteiger partial charge is 0.216 e. The molecule has 3 rings (SSSR count). The molecule has 2 N–H and O–H groups in total. The minimum Gasteiger partial charge on any atom is -0.481 e. The molecule has 7 heteroatoms. The zero-order valence-corrected chi connectivity index (χ0v) is 18.0. The zero-order chi connectivity index (χ0) is 21.2. The first-order valence-corrected chi connectivity index (χ1v) is 10.4. The molecule has 0 radical (unpaired) electrons. The summed E-state index contributed by atoms with van der Waals surface area (Å²) in [6.45, 7) is 4.12. The fourth-order valence-electron chi connectivity index (χ4n) is 3.37. The van der Waals surface area contributed by atoms with E-state index in [-0.39, 0.29) is 0 Å². The van der Waals surface area contributed by atoms with Crippen LogP contribution in [0.3, 0.4) is 0 Å². The van der Waals surface area contributed by atoms with Crippen molar-refractivity contribution >= 4 is 5.96 Å². The quantitative estimate of drug-likeness (QED) is 0.397. The number of nitrogens with one attached hydrogen (secondary N) is 2. The molecule has 7 nitrogen and oxygen atoms in total. The number of methoxy groups -OCH3 is 1. The molecule has 0 aliphatic rings. The highest BCUT2D eigenvalue weighted by Crippen LogP contribution is 2.22. The molecule has 0 unspecified atom stereocenters. The molecule has 30 heavy (non-hydrogen) atoms. The molecule has 3 aromatic rings. The van der Waals surface area contributed by atoms with Crippen molar-refractivity contribution < 1.29 is 9.15 Å². The third-order valence-electron chi connectivity index (χ3n) is 4.89. The second-order valence-electron chi connectivity index (χ2n) is 7.00. The third-order valence-corrected chi connectivity index (χ3v) is 4.89. The Bertz CT molecular complexity index is 917.